The van der Waals surface area contributed by atoms with Gasteiger partial charge in [-0.2, -0.15) is 0 Å². The average molecular weight is 598 g/mol. The minimum absolute atomic E-state index is 0.0404. The van der Waals surface area contributed by atoms with E-state index >= 15 is 0 Å². The topological polar surface area (TPSA) is 101 Å². The molecule has 0 saturated heterocycles. The van der Waals surface area contributed by atoms with E-state index in [4.69, 9.17) is 9.40 Å². The summed E-state index contributed by atoms with van der Waals surface area (Å²) in [6, 6.07) is 19.7. The number of allylic oxidation sites excluding steroid dienone is 1. The molecule has 6 nitrogen and oxygen atoms in total. The van der Waals surface area contributed by atoms with Crippen LogP contribution in [0.1, 0.15) is 58.8 Å². The fourth-order valence-corrected chi connectivity index (χ4v) is 10.1. The second kappa shape index (κ2) is 10.6. The van der Waals surface area contributed by atoms with Crippen LogP contribution in [0.3, 0.4) is 0 Å². The summed E-state index contributed by atoms with van der Waals surface area (Å²) < 4.78 is 6.24. The monoisotopic (exact) mass is 597 g/mol. The lowest BCUT2D eigenvalue weighted by Gasteiger charge is -2.60. The molecule has 2 aromatic carbocycles. The van der Waals surface area contributed by atoms with Gasteiger partial charge in [-0.25, -0.2) is 4.98 Å². The van der Waals surface area contributed by atoms with Crippen molar-refractivity contribution < 1.29 is 24.2 Å². The fraction of sp³-hybridized carbons (Fsp3) is 0.472. The lowest BCUT2D eigenvalue weighted by molar-refractivity contribution is -0.178. The minimum atomic E-state index is -1.52. The highest BCUT2D eigenvalue weighted by molar-refractivity contribution is 7.99. The number of carbonyl (C=O) groups is 2. The number of nitrogens with zero attached hydrogens (tertiary/aromatic N) is 1. The van der Waals surface area contributed by atoms with Gasteiger partial charge in [-0.1, -0.05) is 91.8 Å². The number of aromatic nitrogens is 1. The molecule has 0 aliphatic heterocycles. The molecule has 7 rings (SSSR count). The zero-order chi connectivity index (χ0) is 30.0. The first kappa shape index (κ1) is 28.8. The quantitative estimate of drug-likeness (QED) is 0.298. The van der Waals surface area contributed by atoms with Gasteiger partial charge in [0.2, 0.25) is 0 Å². The number of hydrogen-bond donors (Lipinski definition) is 2. The molecule has 43 heavy (non-hydrogen) atoms. The summed E-state index contributed by atoms with van der Waals surface area (Å²) in [6.07, 6.45) is 5.78. The van der Waals surface area contributed by atoms with E-state index in [1.54, 1.807) is 0 Å². The van der Waals surface area contributed by atoms with Gasteiger partial charge in [-0.05, 0) is 67.8 Å². The Hall–Kier alpha value is -3.00. The van der Waals surface area contributed by atoms with Crippen LogP contribution in [0.5, 0.6) is 0 Å². The van der Waals surface area contributed by atoms with Crippen LogP contribution in [-0.2, 0) is 9.59 Å². The third kappa shape index (κ3) is 4.49. The van der Waals surface area contributed by atoms with Crippen molar-refractivity contribution in [3.8, 4) is 22.6 Å². The Morgan fingerprint density at radius 1 is 1.00 bits per heavy atom. The molecule has 3 aromatic rings. The predicted molar refractivity (Wildman–Crippen MR) is 166 cm³/mol. The van der Waals surface area contributed by atoms with Crippen molar-refractivity contribution in [2.45, 2.75) is 75.7 Å². The zero-order valence-electron chi connectivity index (χ0n) is 24.8. The molecular formula is C36H39NO5S. The molecule has 1 heterocycles. The van der Waals surface area contributed by atoms with Crippen LogP contribution in [0.15, 0.2) is 82.0 Å². The summed E-state index contributed by atoms with van der Waals surface area (Å²) in [5.74, 6) is 1.07. The lowest BCUT2D eigenvalue weighted by Crippen LogP contribution is -2.61. The number of fused-ring (bicyclic) bond motifs is 5. The van der Waals surface area contributed by atoms with Crippen molar-refractivity contribution in [3.05, 3.63) is 72.3 Å². The van der Waals surface area contributed by atoms with Crippen molar-refractivity contribution in [1.82, 2.24) is 4.98 Å². The van der Waals surface area contributed by atoms with Crippen molar-refractivity contribution in [2.24, 2.45) is 28.6 Å². The Labute approximate surface area is 257 Å². The van der Waals surface area contributed by atoms with Gasteiger partial charge in [0, 0.05) is 23.0 Å². The molecule has 7 atom stereocenters. The van der Waals surface area contributed by atoms with E-state index in [1.165, 1.54) is 17.3 Å². The van der Waals surface area contributed by atoms with E-state index < -0.39 is 17.1 Å². The Morgan fingerprint density at radius 3 is 2.42 bits per heavy atom. The number of aliphatic hydroxyl groups is 2. The Morgan fingerprint density at radius 2 is 1.70 bits per heavy atom. The van der Waals surface area contributed by atoms with Gasteiger partial charge in [0.1, 0.15) is 11.3 Å². The third-order valence-electron chi connectivity index (χ3n) is 11.5. The molecule has 5 unspecified atom stereocenters. The molecule has 224 valence electrons. The molecule has 2 N–H and O–H groups in total. The smallest absolute Gasteiger partial charge is 0.257 e. The summed E-state index contributed by atoms with van der Waals surface area (Å²) in [7, 11) is 0. The Balaban J connectivity index is 1.13. The van der Waals surface area contributed by atoms with Crippen LogP contribution >= 0.6 is 11.8 Å². The lowest BCUT2D eigenvalue weighted by atomic mass is 9.45. The van der Waals surface area contributed by atoms with Crippen molar-refractivity contribution in [1.29, 1.82) is 0 Å². The van der Waals surface area contributed by atoms with Gasteiger partial charge in [-0.3, -0.25) is 9.59 Å². The van der Waals surface area contributed by atoms with Crippen molar-refractivity contribution in [2.75, 3.05) is 5.75 Å². The summed E-state index contributed by atoms with van der Waals surface area (Å²) in [6.45, 7) is 4.25. The summed E-state index contributed by atoms with van der Waals surface area (Å²) in [5, 5.41) is 24.3. The fourth-order valence-electron chi connectivity index (χ4n) is 9.34. The first-order valence-electron chi connectivity index (χ1n) is 15.6. The number of oxazole rings is 1. The minimum Gasteiger partial charge on any atom is -0.431 e. The van der Waals surface area contributed by atoms with Gasteiger partial charge in [-0.15, -0.1) is 0 Å². The molecule has 3 fully saturated rings. The molecule has 4 aliphatic carbocycles. The molecule has 0 bridgehead atoms. The first-order chi connectivity index (χ1) is 20.6. The van der Waals surface area contributed by atoms with E-state index in [1.807, 2.05) is 73.7 Å². The van der Waals surface area contributed by atoms with Crippen LogP contribution in [0.2, 0.25) is 0 Å². The normalized spacial score (nSPS) is 35.1. The number of Topliss-reactive ketones (excluding diaryl/α,β-unsaturated/α-hetero) is 1. The molecule has 0 amide bonds. The molecule has 0 spiro atoms. The number of ketones is 2. The first-order valence-corrected chi connectivity index (χ1v) is 16.5. The summed E-state index contributed by atoms with van der Waals surface area (Å²) in [5.41, 5.74) is 1.31. The summed E-state index contributed by atoms with van der Waals surface area (Å²) in [4.78, 5) is 30.9. The van der Waals surface area contributed by atoms with E-state index in [2.05, 4.69) is 6.92 Å². The zero-order valence-corrected chi connectivity index (χ0v) is 25.6. The molecule has 0 radical (unpaired) electrons. The number of thioether (sulfide) groups is 1. The Bertz CT molecular complexity index is 1530. The van der Waals surface area contributed by atoms with E-state index in [0.717, 1.165) is 42.5 Å². The van der Waals surface area contributed by atoms with Crippen LogP contribution in [0, 0.1) is 28.6 Å². The average Bonchev–Trinajstić information content (AvgIpc) is 3.56. The second-order valence-electron chi connectivity index (χ2n) is 13.6. The third-order valence-corrected chi connectivity index (χ3v) is 12.4. The Kier molecular flexibility index (Phi) is 7.07. The van der Waals surface area contributed by atoms with Crippen molar-refractivity contribution >= 4 is 23.3 Å². The van der Waals surface area contributed by atoms with Crippen LogP contribution in [-0.4, -0.2) is 44.2 Å². The molecule has 3 saturated carbocycles. The van der Waals surface area contributed by atoms with Gasteiger partial charge in [0.25, 0.3) is 5.22 Å². The number of hydrogen-bond acceptors (Lipinski definition) is 7. The van der Waals surface area contributed by atoms with Gasteiger partial charge < -0.3 is 14.6 Å². The van der Waals surface area contributed by atoms with Crippen molar-refractivity contribution in [3.63, 3.8) is 0 Å². The highest BCUT2D eigenvalue weighted by Crippen LogP contribution is 2.67. The highest BCUT2D eigenvalue weighted by Gasteiger charge is 2.68. The standard InChI is InChI=1S/C36H39NO5S/c1-34-17-15-25(38)19-24(34)13-14-26-27-16-18-36(41,35(27,2)20-28(39)30(26)34)29(40)21-43-33-37-31(22-9-5-3-6-10-22)32(42-33)23-11-7-4-8-12-23/h3-12,19,26-28,30,39,41H,13-18,20-21H2,1-2H3/t26?,27?,28-,30?,34?,35?,36-/m0/s1. The maximum Gasteiger partial charge on any atom is 0.257 e. The van der Waals surface area contributed by atoms with E-state index in [-0.39, 0.29) is 40.5 Å². The highest BCUT2D eigenvalue weighted by atomic mass is 32.2. The maximum absolute atomic E-state index is 14.0. The second-order valence-corrected chi connectivity index (χ2v) is 14.5. The molecular weight excluding hydrogens is 558 g/mol. The van der Waals surface area contributed by atoms with Gasteiger partial charge >= 0.3 is 0 Å². The number of carbonyl (C=O) groups excluding carboxylic acids is 2. The molecule has 1 aromatic heterocycles. The van der Waals surface area contributed by atoms with Gasteiger partial charge in [0.05, 0.1) is 11.9 Å². The van der Waals surface area contributed by atoms with Crippen LogP contribution in [0.25, 0.3) is 22.6 Å². The maximum atomic E-state index is 14.0. The molecule has 4 aliphatic rings. The van der Waals surface area contributed by atoms with Crippen LogP contribution < -0.4 is 0 Å². The largest absolute Gasteiger partial charge is 0.431 e. The SMILES string of the molecule is CC12CCC(=O)C=C1CCC1C2[C@@H](O)CC2(C)C1CC[C@]2(O)C(=O)CSc1nc(-c2ccccc2)c(-c2ccccc2)o1. The number of rotatable bonds is 6. The predicted octanol–water partition coefficient (Wildman–Crippen LogP) is 6.90. The van der Waals surface area contributed by atoms with E-state index in [9.17, 15) is 19.8 Å². The van der Waals surface area contributed by atoms with E-state index in [0.29, 0.717) is 30.2 Å². The molecule has 7 heteroatoms. The summed E-state index contributed by atoms with van der Waals surface area (Å²) >= 11 is 1.23. The number of aliphatic hydroxyl groups excluding tert-OH is 1. The van der Waals surface area contributed by atoms with Crippen LogP contribution in [0.4, 0.5) is 0 Å². The number of benzene rings is 2. The van der Waals surface area contributed by atoms with Gasteiger partial charge in [0.15, 0.2) is 17.3 Å².